The molecule has 1 aliphatic rings. The lowest BCUT2D eigenvalue weighted by molar-refractivity contribution is -0.122. The summed E-state index contributed by atoms with van der Waals surface area (Å²) < 4.78 is 0. The molecule has 0 aromatic carbocycles. The molecule has 0 radical (unpaired) electrons. The number of hydrogen-bond acceptors (Lipinski definition) is 4. The SMILES string of the molecule is CCNC(=O)NC(=O)C(C)NCC(=O)NC1CC1. The number of imide groups is 1. The zero-order valence-corrected chi connectivity index (χ0v) is 10.7. The molecule has 1 saturated carbocycles. The molecule has 4 N–H and O–H groups in total. The highest BCUT2D eigenvalue weighted by atomic mass is 16.2. The van der Waals surface area contributed by atoms with Crippen molar-refractivity contribution in [1.29, 1.82) is 0 Å². The lowest BCUT2D eigenvalue weighted by Crippen LogP contribution is -2.50. The van der Waals surface area contributed by atoms with E-state index in [1.807, 2.05) is 0 Å². The van der Waals surface area contributed by atoms with Gasteiger partial charge in [-0.3, -0.25) is 20.2 Å². The van der Waals surface area contributed by atoms with Gasteiger partial charge in [0.15, 0.2) is 0 Å². The Morgan fingerprint density at radius 3 is 2.50 bits per heavy atom. The molecule has 4 amide bonds. The average molecular weight is 256 g/mol. The zero-order chi connectivity index (χ0) is 13.5. The number of rotatable bonds is 6. The van der Waals surface area contributed by atoms with Crippen molar-refractivity contribution in [3.63, 3.8) is 0 Å². The molecule has 1 fully saturated rings. The second-order valence-corrected chi connectivity index (χ2v) is 4.29. The second-order valence-electron chi connectivity index (χ2n) is 4.29. The van der Waals surface area contributed by atoms with Crippen LogP contribution >= 0.6 is 0 Å². The maximum absolute atomic E-state index is 11.5. The van der Waals surface area contributed by atoms with E-state index in [4.69, 9.17) is 0 Å². The number of urea groups is 1. The van der Waals surface area contributed by atoms with Gasteiger partial charge in [-0.15, -0.1) is 0 Å². The summed E-state index contributed by atoms with van der Waals surface area (Å²) in [4.78, 5) is 34.0. The van der Waals surface area contributed by atoms with Crippen LogP contribution in [0.1, 0.15) is 26.7 Å². The maximum Gasteiger partial charge on any atom is 0.321 e. The van der Waals surface area contributed by atoms with Crippen LogP contribution in [0.15, 0.2) is 0 Å². The first-order valence-corrected chi connectivity index (χ1v) is 6.14. The van der Waals surface area contributed by atoms with Crippen LogP contribution in [-0.4, -0.2) is 43.0 Å². The minimum absolute atomic E-state index is 0.0699. The molecule has 1 unspecified atom stereocenters. The van der Waals surface area contributed by atoms with Gasteiger partial charge in [0.05, 0.1) is 12.6 Å². The van der Waals surface area contributed by atoms with Crippen LogP contribution in [0.3, 0.4) is 0 Å². The van der Waals surface area contributed by atoms with Crippen LogP contribution < -0.4 is 21.3 Å². The van der Waals surface area contributed by atoms with Crippen molar-refractivity contribution in [3.8, 4) is 0 Å². The molecule has 7 nitrogen and oxygen atoms in total. The standard InChI is InChI=1S/C11H20N4O3/c1-3-12-11(18)15-10(17)7(2)13-6-9(16)14-8-4-5-8/h7-8,13H,3-6H2,1-2H3,(H,14,16)(H2,12,15,17,18). The Morgan fingerprint density at radius 2 is 1.94 bits per heavy atom. The van der Waals surface area contributed by atoms with E-state index in [0.29, 0.717) is 12.6 Å². The highest BCUT2D eigenvalue weighted by molar-refractivity contribution is 5.97. The minimum atomic E-state index is -0.599. The highest BCUT2D eigenvalue weighted by Gasteiger charge is 2.23. The molecule has 18 heavy (non-hydrogen) atoms. The van der Waals surface area contributed by atoms with Crippen molar-refractivity contribution in [1.82, 2.24) is 21.3 Å². The molecule has 0 bridgehead atoms. The number of hydrogen-bond donors (Lipinski definition) is 4. The van der Waals surface area contributed by atoms with Crippen LogP contribution in [-0.2, 0) is 9.59 Å². The van der Waals surface area contributed by atoms with Gasteiger partial charge in [0, 0.05) is 12.6 Å². The molecular weight excluding hydrogens is 236 g/mol. The summed E-state index contributed by atoms with van der Waals surface area (Å²) in [5.41, 5.74) is 0. The molecule has 0 aromatic heterocycles. The molecule has 1 aliphatic carbocycles. The van der Waals surface area contributed by atoms with Gasteiger partial charge < -0.3 is 10.6 Å². The van der Waals surface area contributed by atoms with Crippen molar-refractivity contribution in [2.45, 2.75) is 38.8 Å². The third kappa shape index (κ3) is 5.62. The Kier molecular flexibility index (Phi) is 5.57. The van der Waals surface area contributed by atoms with E-state index in [2.05, 4.69) is 21.3 Å². The highest BCUT2D eigenvalue weighted by Crippen LogP contribution is 2.18. The van der Waals surface area contributed by atoms with Crippen molar-refractivity contribution >= 4 is 17.8 Å². The third-order valence-electron chi connectivity index (χ3n) is 2.48. The van der Waals surface area contributed by atoms with Crippen LogP contribution in [0, 0.1) is 0 Å². The predicted molar refractivity (Wildman–Crippen MR) is 65.8 cm³/mol. The predicted octanol–water partition coefficient (Wildman–Crippen LogP) is -0.911. The van der Waals surface area contributed by atoms with Crippen molar-refractivity contribution < 1.29 is 14.4 Å². The number of nitrogens with one attached hydrogen (secondary N) is 4. The van der Waals surface area contributed by atoms with E-state index < -0.39 is 18.0 Å². The third-order valence-corrected chi connectivity index (χ3v) is 2.48. The summed E-state index contributed by atoms with van der Waals surface area (Å²) in [6.45, 7) is 3.87. The van der Waals surface area contributed by atoms with Gasteiger partial charge >= 0.3 is 6.03 Å². The van der Waals surface area contributed by atoms with Crippen LogP contribution in [0.5, 0.6) is 0 Å². The largest absolute Gasteiger partial charge is 0.352 e. The zero-order valence-electron chi connectivity index (χ0n) is 10.7. The van der Waals surface area contributed by atoms with Gasteiger partial charge in [-0.25, -0.2) is 4.79 Å². The van der Waals surface area contributed by atoms with Gasteiger partial charge in [0.25, 0.3) is 0 Å². The monoisotopic (exact) mass is 256 g/mol. The molecule has 0 saturated heterocycles. The Bertz CT molecular complexity index is 328. The lowest BCUT2D eigenvalue weighted by Gasteiger charge is -2.13. The molecule has 0 aliphatic heterocycles. The van der Waals surface area contributed by atoms with Crippen molar-refractivity contribution in [2.75, 3.05) is 13.1 Å². The first kappa shape index (κ1) is 14.4. The Morgan fingerprint density at radius 1 is 1.28 bits per heavy atom. The first-order valence-electron chi connectivity index (χ1n) is 6.14. The van der Waals surface area contributed by atoms with Gasteiger partial charge in [-0.2, -0.15) is 0 Å². The minimum Gasteiger partial charge on any atom is -0.352 e. The molecule has 0 aromatic rings. The summed E-state index contributed by atoms with van der Waals surface area (Å²) in [5, 5.41) is 10.2. The van der Waals surface area contributed by atoms with Gasteiger partial charge in [-0.1, -0.05) is 0 Å². The van der Waals surface area contributed by atoms with E-state index in [9.17, 15) is 14.4 Å². The van der Waals surface area contributed by atoms with E-state index in [1.54, 1.807) is 13.8 Å². The quantitative estimate of drug-likeness (QED) is 0.494. The fraction of sp³-hybridized carbons (Fsp3) is 0.727. The maximum atomic E-state index is 11.5. The number of amides is 4. The summed E-state index contributed by atoms with van der Waals surface area (Å²) in [7, 11) is 0. The summed E-state index contributed by atoms with van der Waals surface area (Å²) in [6, 6.07) is -0.824. The summed E-state index contributed by atoms with van der Waals surface area (Å²) >= 11 is 0. The molecule has 1 rings (SSSR count). The molecule has 0 spiro atoms. The molecule has 102 valence electrons. The lowest BCUT2D eigenvalue weighted by atomic mass is 10.3. The first-order chi connectivity index (χ1) is 8.52. The Balaban J connectivity index is 2.17. The van der Waals surface area contributed by atoms with Crippen molar-refractivity contribution in [3.05, 3.63) is 0 Å². The smallest absolute Gasteiger partial charge is 0.321 e. The fourth-order valence-corrected chi connectivity index (χ4v) is 1.27. The van der Waals surface area contributed by atoms with E-state index in [1.165, 1.54) is 0 Å². The Labute approximate surface area is 106 Å². The second kappa shape index (κ2) is 6.95. The fourth-order valence-electron chi connectivity index (χ4n) is 1.27. The molecular formula is C11H20N4O3. The van der Waals surface area contributed by atoms with E-state index in [0.717, 1.165) is 12.8 Å². The average Bonchev–Trinajstić information content (AvgIpc) is 3.09. The summed E-state index contributed by atoms with van der Waals surface area (Å²) in [6.07, 6.45) is 2.05. The van der Waals surface area contributed by atoms with Crippen LogP contribution in [0.4, 0.5) is 4.79 Å². The Hall–Kier alpha value is -1.63. The van der Waals surface area contributed by atoms with Crippen molar-refractivity contribution in [2.24, 2.45) is 0 Å². The van der Waals surface area contributed by atoms with E-state index in [-0.39, 0.29) is 12.5 Å². The van der Waals surface area contributed by atoms with E-state index >= 15 is 0 Å². The van der Waals surface area contributed by atoms with Gasteiger partial charge in [0.1, 0.15) is 0 Å². The van der Waals surface area contributed by atoms with Crippen LogP contribution in [0.25, 0.3) is 0 Å². The van der Waals surface area contributed by atoms with Gasteiger partial charge in [0.2, 0.25) is 11.8 Å². The topological polar surface area (TPSA) is 99.3 Å². The molecule has 1 atom stereocenters. The number of carbonyl (C=O) groups is 3. The summed E-state index contributed by atoms with van der Waals surface area (Å²) in [5.74, 6) is -0.588. The molecule has 0 heterocycles. The number of carbonyl (C=O) groups excluding carboxylic acids is 3. The van der Waals surface area contributed by atoms with Gasteiger partial charge in [-0.05, 0) is 26.7 Å². The van der Waals surface area contributed by atoms with Crippen LogP contribution in [0.2, 0.25) is 0 Å². The molecule has 7 heteroatoms. The normalized spacial score (nSPS) is 15.7.